The standard InChI is InChI=1S/C8H10N4O2/c1-5(3-9)8(13)10-4-7-11-6(2)12-14-7/h5H,4H2,1-2H3,(H,10,13). The van der Waals surface area contributed by atoms with E-state index in [0.717, 1.165) is 0 Å². The van der Waals surface area contributed by atoms with Gasteiger partial charge in [0.1, 0.15) is 5.92 Å². The van der Waals surface area contributed by atoms with Gasteiger partial charge in [-0.2, -0.15) is 10.2 Å². The number of aromatic nitrogens is 2. The van der Waals surface area contributed by atoms with Crippen LogP contribution in [0.5, 0.6) is 0 Å². The molecule has 74 valence electrons. The Hall–Kier alpha value is -1.90. The molecule has 0 saturated carbocycles. The summed E-state index contributed by atoms with van der Waals surface area (Å²) in [6.07, 6.45) is 0. The summed E-state index contributed by atoms with van der Waals surface area (Å²) in [6, 6.07) is 1.83. The molecule has 1 heterocycles. The first-order chi connectivity index (χ1) is 6.63. The Morgan fingerprint density at radius 1 is 1.79 bits per heavy atom. The second kappa shape index (κ2) is 4.37. The van der Waals surface area contributed by atoms with Crippen LogP contribution >= 0.6 is 0 Å². The van der Waals surface area contributed by atoms with Gasteiger partial charge in [0.2, 0.25) is 11.8 Å². The van der Waals surface area contributed by atoms with Crippen molar-refractivity contribution < 1.29 is 9.32 Å². The van der Waals surface area contributed by atoms with Crippen molar-refractivity contribution in [2.24, 2.45) is 5.92 Å². The van der Waals surface area contributed by atoms with E-state index in [1.165, 1.54) is 6.92 Å². The van der Waals surface area contributed by atoms with E-state index in [1.807, 2.05) is 6.07 Å². The predicted molar refractivity (Wildman–Crippen MR) is 45.7 cm³/mol. The molecule has 1 aromatic rings. The Morgan fingerprint density at radius 3 is 3.00 bits per heavy atom. The van der Waals surface area contributed by atoms with Gasteiger partial charge in [-0.3, -0.25) is 4.79 Å². The molecular weight excluding hydrogens is 184 g/mol. The van der Waals surface area contributed by atoms with Gasteiger partial charge in [0.05, 0.1) is 12.6 Å². The summed E-state index contributed by atoms with van der Waals surface area (Å²) >= 11 is 0. The van der Waals surface area contributed by atoms with Crippen LogP contribution in [0.3, 0.4) is 0 Å². The van der Waals surface area contributed by atoms with Gasteiger partial charge in [-0.1, -0.05) is 5.16 Å². The third-order valence-corrected chi connectivity index (χ3v) is 1.57. The van der Waals surface area contributed by atoms with Crippen LogP contribution in [0.4, 0.5) is 0 Å². The minimum absolute atomic E-state index is 0.158. The average Bonchev–Trinajstić information content (AvgIpc) is 2.59. The molecule has 0 saturated heterocycles. The van der Waals surface area contributed by atoms with Crippen molar-refractivity contribution in [2.75, 3.05) is 0 Å². The van der Waals surface area contributed by atoms with Gasteiger partial charge in [0.25, 0.3) is 0 Å². The molecule has 1 aromatic heterocycles. The third kappa shape index (κ3) is 2.55. The Labute approximate surface area is 80.9 Å². The van der Waals surface area contributed by atoms with E-state index in [4.69, 9.17) is 9.78 Å². The molecule has 6 nitrogen and oxygen atoms in total. The lowest BCUT2D eigenvalue weighted by molar-refractivity contribution is -0.123. The highest BCUT2D eigenvalue weighted by molar-refractivity contribution is 5.80. The fraction of sp³-hybridized carbons (Fsp3) is 0.500. The Balaban J connectivity index is 2.42. The number of aryl methyl sites for hydroxylation is 1. The molecule has 1 amide bonds. The fourth-order valence-corrected chi connectivity index (χ4v) is 0.786. The predicted octanol–water partition coefficient (Wildman–Crippen LogP) is 0.154. The van der Waals surface area contributed by atoms with Gasteiger partial charge in [-0.25, -0.2) is 0 Å². The minimum atomic E-state index is -0.668. The number of hydrogen-bond donors (Lipinski definition) is 1. The molecule has 1 rings (SSSR count). The van der Waals surface area contributed by atoms with Crippen molar-refractivity contribution in [3.8, 4) is 6.07 Å². The van der Waals surface area contributed by atoms with Crippen molar-refractivity contribution in [2.45, 2.75) is 20.4 Å². The van der Waals surface area contributed by atoms with Gasteiger partial charge in [-0.15, -0.1) is 0 Å². The monoisotopic (exact) mass is 194 g/mol. The normalized spacial score (nSPS) is 11.8. The molecule has 0 aliphatic heterocycles. The zero-order valence-corrected chi connectivity index (χ0v) is 7.94. The smallest absolute Gasteiger partial charge is 0.246 e. The van der Waals surface area contributed by atoms with Gasteiger partial charge in [0.15, 0.2) is 5.82 Å². The first-order valence-electron chi connectivity index (χ1n) is 4.10. The van der Waals surface area contributed by atoms with Crippen molar-refractivity contribution >= 4 is 5.91 Å². The SMILES string of the molecule is Cc1noc(CNC(=O)C(C)C#N)n1. The molecule has 0 aliphatic carbocycles. The number of hydrogen-bond acceptors (Lipinski definition) is 5. The summed E-state index contributed by atoms with van der Waals surface area (Å²) in [5.74, 6) is -0.161. The summed E-state index contributed by atoms with van der Waals surface area (Å²) in [5.41, 5.74) is 0. The molecule has 14 heavy (non-hydrogen) atoms. The molecule has 1 N–H and O–H groups in total. The van der Waals surface area contributed by atoms with Crippen LogP contribution in [-0.2, 0) is 11.3 Å². The van der Waals surface area contributed by atoms with E-state index in [2.05, 4.69) is 15.5 Å². The summed E-state index contributed by atoms with van der Waals surface area (Å²) in [6.45, 7) is 3.37. The fourth-order valence-electron chi connectivity index (χ4n) is 0.786. The first kappa shape index (κ1) is 10.2. The van der Waals surface area contributed by atoms with Gasteiger partial charge in [0, 0.05) is 0 Å². The second-order valence-electron chi connectivity index (χ2n) is 2.80. The summed E-state index contributed by atoms with van der Waals surface area (Å²) in [4.78, 5) is 15.0. The molecular formula is C8H10N4O2. The van der Waals surface area contributed by atoms with Crippen LogP contribution in [0.2, 0.25) is 0 Å². The number of amides is 1. The number of nitrogens with one attached hydrogen (secondary N) is 1. The van der Waals surface area contributed by atoms with Crippen LogP contribution in [0.25, 0.3) is 0 Å². The molecule has 0 bridgehead atoms. The first-order valence-corrected chi connectivity index (χ1v) is 4.10. The Morgan fingerprint density at radius 2 is 2.50 bits per heavy atom. The van der Waals surface area contributed by atoms with Crippen molar-refractivity contribution in [1.82, 2.24) is 15.5 Å². The largest absolute Gasteiger partial charge is 0.346 e. The molecule has 1 unspecified atom stereocenters. The summed E-state index contributed by atoms with van der Waals surface area (Å²) < 4.78 is 4.77. The molecule has 0 fully saturated rings. The summed E-state index contributed by atoms with van der Waals surface area (Å²) in [7, 11) is 0. The number of nitrogens with zero attached hydrogens (tertiary/aromatic N) is 3. The average molecular weight is 194 g/mol. The van der Waals surface area contributed by atoms with E-state index in [-0.39, 0.29) is 12.5 Å². The van der Waals surface area contributed by atoms with Crippen LogP contribution in [0.1, 0.15) is 18.6 Å². The highest BCUT2D eigenvalue weighted by Crippen LogP contribution is 1.96. The maximum absolute atomic E-state index is 11.1. The van der Waals surface area contributed by atoms with Crippen molar-refractivity contribution in [3.05, 3.63) is 11.7 Å². The molecule has 1 atom stereocenters. The van der Waals surface area contributed by atoms with Gasteiger partial charge in [-0.05, 0) is 13.8 Å². The van der Waals surface area contributed by atoms with E-state index in [0.29, 0.717) is 11.7 Å². The van der Waals surface area contributed by atoms with E-state index in [1.54, 1.807) is 6.92 Å². The lowest BCUT2D eigenvalue weighted by Gasteiger charge is -2.01. The molecule has 0 aromatic carbocycles. The number of nitriles is 1. The van der Waals surface area contributed by atoms with E-state index >= 15 is 0 Å². The lowest BCUT2D eigenvalue weighted by atomic mass is 10.2. The van der Waals surface area contributed by atoms with Crippen molar-refractivity contribution in [3.63, 3.8) is 0 Å². The van der Waals surface area contributed by atoms with Crippen LogP contribution in [0.15, 0.2) is 4.52 Å². The Bertz CT molecular complexity index is 366. The third-order valence-electron chi connectivity index (χ3n) is 1.57. The van der Waals surface area contributed by atoms with Gasteiger partial charge < -0.3 is 9.84 Å². The number of carbonyl (C=O) groups excluding carboxylic acids is 1. The number of carbonyl (C=O) groups is 1. The zero-order valence-electron chi connectivity index (χ0n) is 7.94. The minimum Gasteiger partial charge on any atom is -0.346 e. The van der Waals surface area contributed by atoms with Crippen LogP contribution < -0.4 is 5.32 Å². The molecule has 0 spiro atoms. The second-order valence-corrected chi connectivity index (χ2v) is 2.80. The maximum atomic E-state index is 11.1. The van der Waals surface area contributed by atoms with Crippen LogP contribution in [0, 0.1) is 24.2 Å². The number of rotatable bonds is 3. The Kier molecular flexibility index (Phi) is 3.18. The highest BCUT2D eigenvalue weighted by atomic mass is 16.5. The van der Waals surface area contributed by atoms with Crippen molar-refractivity contribution in [1.29, 1.82) is 5.26 Å². The molecule has 0 radical (unpaired) electrons. The molecule has 6 heteroatoms. The van der Waals surface area contributed by atoms with Crippen LogP contribution in [-0.4, -0.2) is 16.0 Å². The maximum Gasteiger partial charge on any atom is 0.246 e. The van der Waals surface area contributed by atoms with E-state index < -0.39 is 5.92 Å². The van der Waals surface area contributed by atoms with E-state index in [9.17, 15) is 4.79 Å². The zero-order chi connectivity index (χ0) is 10.6. The molecule has 0 aliphatic rings. The summed E-state index contributed by atoms with van der Waals surface area (Å²) in [5, 5.41) is 14.5. The lowest BCUT2D eigenvalue weighted by Crippen LogP contribution is -2.27. The topological polar surface area (TPSA) is 91.8 Å². The quantitative estimate of drug-likeness (QED) is 0.739. The highest BCUT2D eigenvalue weighted by Gasteiger charge is 2.12. The van der Waals surface area contributed by atoms with Gasteiger partial charge >= 0.3 is 0 Å².